The zero-order valence-electron chi connectivity index (χ0n) is 11.4. The van der Waals surface area contributed by atoms with Gasteiger partial charge in [0.15, 0.2) is 6.10 Å². The molecule has 1 aromatic heterocycles. The molecule has 19 heavy (non-hydrogen) atoms. The number of hydrogen-bond acceptors (Lipinski definition) is 6. The van der Waals surface area contributed by atoms with Gasteiger partial charge in [-0.2, -0.15) is 10.2 Å². The van der Waals surface area contributed by atoms with Gasteiger partial charge in [0.05, 0.1) is 19.2 Å². The lowest BCUT2D eigenvalue weighted by Gasteiger charge is -2.31. The second-order valence-corrected chi connectivity index (χ2v) is 4.56. The normalized spacial score (nSPS) is 19.0. The van der Waals surface area contributed by atoms with Crippen LogP contribution in [0.1, 0.15) is 18.9 Å². The Morgan fingerprint density at radius 3 is 3.21 bits per heavy atom. The van der Waals surface area contributed by atoms with E-state index in [2.05, 4.69) is 33.2 Å². The molecule has 1 aliphatic rings. The van der Waals surface area contributed by atoms with E-state index >= 15 is 0 Å². The summed E-state index contributed by atoms with van der Waals surface area (Å²) in [6, 6.07) is 2.15. The van der Waals surface area contributed by atoms with Gasteiger partial charge in [-0.1, -0.05) is 6.92 Å². The lowest BCUT2D eigenvalue weighted by molar-refractivity contribution is 0.0761. The molecule has 0 aromatic carbocycles. The SMILES string of the molecule is CCCNc1ncc(C)c(N2CCOC(C#N)C2)n1. The Balaban J connectivity index is 2.16. The van der Waals surface area contributed by atoms with Crippen LogP contribution in [-0.4, -0.2) is 42.3 Å². The number of nitrogens with one attached hydrogen (secondary N) is 1. The Bertz CT molecular complexity index is 471. The molecule has 6 heteroatoms. The minimum atomic E-state index is -0.379. The molecular weight excluding hydrogens is 242 g/mol. The molecule has 1 fully saturated rings. The fourth-order valence-corrected chi connectivity index (χ4v) is 1.99. The number of anilines is 2. The number of rotatable bonds is 4. The summed E-state index contributed by atoms with van der Waals surface area (Å²) in [4.78, 5) is 10.9. The highest BCUT2D eigenvalue weighted by Gasteiger charge is 2.22. The van der Waals surface area contributed by atoms with Crippen LogP contribution < -0.4 is 10.2 Å². The standard InChI is InChI=1S/C13H19N5O/c1-3-4-15-13-16-8-10(2)12(17-13)18-5-6-19-11(7-14)9-18/h8,11H,3-6,9H2,1-2H3,(H,15,16,17). The van der Waals surface area contributed by atoms with Crippen molar-refractivity contribution in [2.75, 3.05) is 36.5 Å². The number of nitriles is 1. The third-order valence-corrected chi connectivity index (χ3v) is 2.99. The number of aryl methyl sites for hydroxylation is 1. The minimum absolute atomic E-state index is 0.379. The fourth-order valence-electron chi connectivity index (χ4n) is 1.99. The van der Waals surface area contributed by atoms with Crippen molar-refractivity contribution in [3.63, 3.8) is 0 Å². The van der Waals surface area contributed by atoms with Gasteiger partial charge in [-0.05, 0) is 13.3 Å². The van der Waals surface area contributed by atoms with Crippen molar-refractivity contribution in [2.24, 2.45) is 0 Å². The molecule has 0 radical (unpaired) electrons. The Morgan fingerprint density at radius 2 is 2.47 bits per heavy atom. The summed E-state index contributed by atoms with van der Waals surface area (Å²) < 4.78 is 5.35. The van der Waals surface area contributed by atoms with Gasteiger partial charge in [0.25, 0.3) is 0 Å². The van der Waals surface area contributed by atoms with Gasteiger partial charge < -0.3 is 15.0 Å². The molecule has 102 valence electrons. The molecule has 1 saturated heterocycles. The molecular formula is C13H19N5O. The highest BCUT2D eigenvalue weighted by atomic mass is 16.5. The molecule has 2 heterocycles. The third-order valence-electron chi connectivity index (χ3n) is 2.99. The number of hydrogen-bond donors (Lipinski definition) is 1. The average Bonchev–Trinajstić information content (AvgIpc) is 2.46. The highest BCUT2D eigenvalue weighted by Crippen LogP contribution is 2.20. The molecule has 0 bridgehead atoms. The number of nitrogens with zero attached hydrogens (tertiary/aromatic N) is 4. The van der Waals surface area contributed by atoms with Crippen molar-refractivity contribution < 1.29 is 4.74 Å². The second kappa shape index (κ2) is 6.34. The van der Waals surface area contributed by atoms with Crippen molar-refractivity contribution in [3.8, 4) is 6.07 Å². The van der Waals surface area contributed by atoms with E-state index in [9.17, 15) is 0 Å². The zero-order valence-corrected chi connectivity index (χ0v) is 11.4. The number of aromatic nitrogens is 2. The predicted molar refractivity (Wildman–Crippen MR) is 73.1 cm³/mol. The molecule has 1 atom stereocenters. The van der Waals surface area contributed by atoms with E-state index in [1.807, 2.05) is 13.1 Å². The van der Waals surface area contributed by atoms with Crippen LogP contribution in [0.4, 0.5) is 11.8 Å². The maximum Gasteiger partial charge on any atom is 0.224 e. The Labute approximate surface area is 113 Å². The first-order valence-corrected chi connectivity index (χ1v) is 6.58. The van der Waals surface area contributed by atoms with Gasteiger partial charge >= 0.3 is 0 Å². The summed E-state index contributed by atoms with van der Waals surface area (Å²) in [7, 11) is 0. The van der Waals surface area contributed by atoms with Crippen molar-refractivity contribution in [3.05, 3.63) is 11.8 Å². The van der Waals surface area contributed by atoms with Gasteiger partial charge in [-0.3, -0.25) is 0 Å². The van der Waals surface area contributed by atoms with Crippen LogP contribution in [-0.2, 0) is 4.74 Å². The maximum atomic E-state index is 8.95. The van der Waals surface area contributed by atoms with Gasteiger partial charge in [0, 0.05) is 24.8 Å². The molecule has 1 unspecified atom stereocenters. The van der Waals surface area contributed by atoms with Crippen molar-refractivity contribution in [2.45, 2.75) is 26.4 Å². The predicted octanol–water partition coefficient (Wildman–Crippen LogP) is 1.34. The second-order valence-electron chi connectivity index (χ2n) is 4.56. The lowest BCUT2D eigenvalue weighted by Crippen LogP contribution is -2.42. The van der Waals surface area contributed by atoms with Gasteiger partial charge in [0.2, 0.25) is 5.95 Å². The minimum Gasteiger partial charge on any atom is -0.360 e. The average molecular weight is 261 g/mol. The van der Waals surface area contributed by atoms with Crippen molar-refractivity contribution in [1.29, 1.82) is 5.26 Å². The summed E-state index contributed by atoms with van der Waals surface area (Å²) in [5.41, 5.74) is 1.01. The van der Waals surface area contributed by atoms with Crippen LogP contribution in [0.15, 0.2) is 6.20 Å². The van der Waals surface area contributed by atoms with Crippen LogP contribution in [0.2, 0.25) is 0 Å². The fraction of sp³-hybridized carbons (Fsp3) is 0.615. The molecule has 0 amide bonds. The summed E-state index contributed by atoms with van der Waals surface area (Å²) in [6.07, 6.45) is 2.47. The number of morpholine rings is 1. The first-order valence-electron chi connectivity index (χ1n) is 6.58. The monoisotopic (exact) mass is 261 g/mol. The highest BCUT2D eigenvalue weighted by molar-refractivity contribution is 5.49. The molecule has 1 N–H and O–H groups in total. The summed E-state index contributed by atoms with van der Waals surface area (Å²) in [5, 5.41) is 12.1. The van der Waals surface area contributed by atoms with Gasteiger partial charge in [-0.15, -0.1) is 0 Å². The van der Waals surface area contributed by atoms with Crippen LogP contribution >= 0.6 is 0 Å². The first-order chi connectivity index (χ1) is 9.24. The van der Waals surface area contributed by atoms with Gasteiger partial charge in [-0.25, -0.2) is 4.98 Å². The molecule has 2 rings (SSSR count). The van der Waals surface area contributed by atoms with E-state index in [1.54, 1.807) is 0 Å². The lowest BCUT2D eigenvalue weighted by atomic mass is 10.2. The maximum absolute atomic E-state index is 8.95. The summed E-state index contributed by atoms with van der Waals surface area (Å²) in [5.74, 6) is 1.53. The summed E-state index contributed by atoms with van der Waals surface area (Å²) >= 11 is 0. The number of ether oxygens (including phenoxy) is 1. The summed E-state index contributed by atoms with van der Waals surface area (Å²) in [6.45, 7) is 6.80. The smallest absolute Gasteiger partial charge is 0.224 e. The largest absolute Gasteiger partial charge is 0.360 e. The van der Waals surface area contributed by atoms with Crippen LogP contribution in [0.3, 0.4) is 0 Å². The molecule has 0 spiro atoms. The van der Waals surface area contributed by atoms with E-state index in [0.29, 0.717) is 19.1 Å². The van der Waals surface area contributed by atoms with Crippen molar-refractivity contribution >= 4 is 11.8 Å². The first kappa shape index (κ1) is 13.6. The van der Waals surface area contributed by atoms with Crippen LogP contribution in [0.25, 0.3) is 0 Å². The Hall–Kier alpha value is -1.87. The third kappa shape index (κ3) is 3.32. The van der Waals surface area contributed by atoms with E-state index in [0.717, 1.165) is 30.9 Å². The van der Waals surface area contributed by atoms with Crippen LogP contribution in [0.5, 0.6) is 0 Å². The molecule has 6 nitrogen and oxygen atoms in total. The van der Waals surface area contributed by atoms with Crippen LogP contribution in [0, 0.1) is 18.3 Å². The molecule has 1 aliphatic heterocycles. The molecule has 1 aromatic rings. The zero-order chi connectivity index (χ0) is 13.7. The quantitative estimate of drug-likeness (QED) is 0.881. The Kier molecular flexibility index (Phi) is 4.53. The van der Waals surface area contributed by atoms with E-state index in [1.165, 1.54) is 0 Å². The Morgan fingerprint density at radius 1 is 1.63 bits per heavy atom. The topological polar surface area (TPSA) is 74.1 Å². The molecule has 0 saturated carbocycles. The van der Waals surface area contributed by atoms with E-state index < -0.39 is 0 Å². The van der Waals surface area contributed by atoms with Gasteiger partial charge in [0.1, 0.15) is 5.82 Å². The van der Waals surface area contributed by atoms with E-state index in [-0.39, 0.29) is 6.10 Å². The molecule has 0 aliphatic carbocycles. The van der Waals surface area contributed by atoms with Crippen molar-refractivity contribution in [1.82, 2.24) is 9.97 Å². The van der Waals surface area contributed by atoms with E-state index in [4.69, 9.17) is 10.00 Å².